The fourth-order valence-corrected chi connectivity index (χ4v) is 3.89. The van der Waals surface area contributed by atoms with Gasteiger partial charge in [-0.15, -0.1) is 6.58 Å². The van der Waals surface area contributed by atoms with Gasteiger partial charge < -0.3 is 14.7 Å². The maximum Gasteiger partial charge on any atom is 0.313 e. The fraction of sp³-hybridized carbons (Fsp3) is 0.412. The van der Waals surface area contributed by atoms with Crippen molar-refractivity contribution in [2.75, 3.05) is 33.4 Å². The zero-order chi connectivity index (χ0) is 19.4. The van der Waals surface area contributed by atoms with Gasteiger partial charge in [-0.1, -0.05) is 6.08 Å². The first-order valence-electron chi connectivity index (χ1n) is 7.98. The summed E-state index contributed by atoms with van der Waals surface area (Å²) in [4.78, 5) is 25.7. The first kappa shape index (κ1) is 20.1. The molecule has 1 heterocycles. The minimum Gasteiger partial charge on any atom is -0.481 e. The summed E-state index contributed by atoms with van der Waals surface area (Å²) in [7, 11) is -2.24. The molecule has 1 aliphatic rings. The van der Waals surface area contributed by atoms with Gasteiger partial charge in [0.1, 0.15) is 5.41 Å². The number of carbonyl (C=O) groups excluding carboxylic acids is 1. The molecule has 0 spiro atoms. The first-order chi connectivity index (χ1) is 12.3. The second-order valence-corrected chi connectivity index (χ2v) is 7.93. The van der Waals surface area contributed by atoms with Crippen molar-refractivity contribution in [3.8, 4) is 0 Å². The molecule has 1 atom stereocenters. The molecule has 0 bridgehead atoms. The summed E-state index contributed by atoms with van der Waals surface area (Å²) in [5, 5.41) is 9.46. The van der Waals surface area contributed by atoms with Crippen LogP contribution in [0.3, 0.4) is 0 Å². The number of nitrogens with one attached hydrogen (secondary N) is 1. The molecule has 1 saturated heterocycles. The molecule has 1 aliphatic heterocycles. The summed E-state index contributed by atoms with van der Waals surface area (Å²) in [6, 6.07) is 5.52. The lowest BCUT2D eigenvalue weighted by Crippen LogP contribution is -2.40. The van der Waals surface area contributed by atoms with Crippen LogP contribution in [0.15, 0.2) is 41.8 Å². The number of nitrogens with zero attached hydrogens (tertiary/aromatic N) is 1. The van der Waals surface area contributed by atoms with E-state index in [9.17, 15) is 23.1 Å². The van der Waals surface area contributed by atoms with E-state index >= 15 is 0 Å². The van der Waals surface area contributed by atoms with Crippen LogP contribution in [0.1, 0.15) is 16.8 Å². The lowest BCUT2D eigenvalue weighted by atomic mass is 9.88. The molecule has 0 aromatic heterocycles. The molecular formula is C17H22N2O6S. The van der Waals surface area contributed by atoms with Crippen LogP contribution in [-0.4, -0.2) is 63.7 Å². The smallest absolute Gasteiger partial charge is 0.313 e. The molecule has 142 valence electrons. The Morgan fingerprint density at radius 3 is 2.58 bits per heavy atom. The average molecular weight is 382 g/mol. The topological polar surface area (TPSA) is 113 Å². The minimum atomic E-state index is -3.66. The summed E-state index contributed by atoms with van der Waals surface area (Å²) >= 11 is 0. The van der Waals surface area contributed by atoms with Crippen molar-refractivity contribution in [2.24, 2.45) is 5.41 Å². The predicted molar refractivity (Wildman–Crippen MR) is 94.3 cm³/mol. The summed E-state index contributed by atoms with van der Waals surface area (Å²) in [5.41, 5.74) is -0.811. The first-order valence-corrected chi connectivity index (χ1v) is 9.46. The molecule has 2 rings (SSSR count). The number of amides is 1. The van der Waals surface area contributed by atoms with E-state index in [4.69, 9.17) is 4.74 Å². The third-order valence-electron chi connectivity index (χ3n) is 4.34. The van der Waals surface area contributed by atoms with Crippen molar-refractivity contribution < 1.29 is 27.9 Å². The number of likely N-dealkylation sites (tertiary alicyclic amines) is 1. The third kappa shape index (κ3) is 4.12. The standard InChI is InChI=1S/C17H22N2O6S/c1-3-9-18-26(23,24)14-6-4-13(5-7-14)15(20)19-10-8-17(11-19,12-25-2)16(21)22/h3-7,18H,1,8-12H2,2H3,(H,21,22). The van der Waals surface area contributed by atoms with Crippen LogP contribution in [0.25, 0.3) is 0 Å². The number of methoxy groups -OCH3 is 1. The molecule has 8 nitrogen and oxygen atoms in total. The molecule has 1 amide bonds. The maximum absolute atomic E-state index is 12.6. The molecule has 0 saturated carbocycles. The molecule has 9 heteroatoms. The molecule has 1 unspecified atom stereocenters. The van der Waals surface area contributed by atoms with Crippen LogP contribution < -0.4 is 4.72 Å². The molecule has 26 heavy (non-hydrogen) atoms. The van der Waals surface area contributed by atoms with E-state index in [-0.39, 0.29) is 30.5 Å². The molecular weight excluding hydrogens is 360 g/mol. The van der Waals surface area contributed by atoms with E-state index in [1.807, 2.05) is 0 Å². The zero-order valence-corrected chi connectivity index (χ0v) is 15.3. The Hall–Kier alpha value is -2.23. The second kappa shape index (κ2) is 7.98. The number of rotatable bonds is 8. The lowest BCUT2D eigenvalue weighted by Gasteiger charge is -2.23. The highest BCUT2D eigenvalue weighted by Crippen LogP contribution is 2.32. The van der Waals surface area contributed by atoms with Gasteiger partial charge in [0, 0.05) is 32.3 Å². The fourth-order valence-electron chi connectivity index (χ4n) is 2.89. The van der Waals surface area contributed by atoms with E-state index in [0.29, 0.717) is 18.5 Å². The summed E-state index contributed by atoms with van der Waals surface area (Å²) in [5.74, 6) is -1.34. The van der Waals surface area contributed by atoms with Crippen LogP contribution in [0, 0.1) is 5.41 Å². The van der Waals surface area contributed by atoms with Gasteiger partial charge in [0.2, 0.25) is 10.0 Å². The largest absolute Gasteiger partial charge is 0.481 e. The highest BCUT2D eigenvalue weighted by atomic mass is 32.2. The number of aliphatic carboxylic acids is 1. The quantitative estimate of drug-likeness (QED) is 0.641. The van der Waals surface area contributed by atoms with Crippen LogP contribution in [-0.2, 0) is 19.6 Å². The van der Waals surface area contributed by atoms with Gasteiger partial charge in [0.15, 0.2) is 0 Å². The minimum absolute atomic E-state index is 0.0261. The predicted octanol–water partition coefficient (Wildman–Crippen LogP) is 0.714. The van der Waals surface area contributed by atoms with E-state index in [2.05, 4.69) is 11.3 Å². The van der Waals surface area contributed by atoms with Gasteiger partial charge in [-0.05, 0) is 30.7 Å². The molecule has 1 aromatic carbocycles. The van der Waals surface area contributed by atoms with Gasteiger partial charge in [0.25, 0.3) is 5.91 Å². The number of hydrogen-bond donors (Lipinski definition) is 2. The Balaban J connectivity index is 2.14. The van der Waals surface area contributed by atoms with Gasteiger partial charge in [-0.25, -0.2) is 13.1 Å². The van der Waals surface area contributed by atoms with E-state index in [0.717, 1.165) is 0 Å². The number of carboxylic acid groups (broad SMARTS) is 1. The van der Waals surface area contributed by atoms with Crippen molar-refractivity contribution in [2.45, 2.75) is 11.3 Å². The highest BCUT2D eigenvalue weighted by Gasteiger charge is 2.46. The van der Waals surface area contributed by atoms with Crippen LogP contribution in [0.2, 0.25) is 0 Å². The van der Waals surface area contributed by atoms with Crippen LogP contribution in [0.4, 0.5) is 0 Å². The second-order valence-electron chi connectivity index (χ2n) is 6.16. The summed E-state index contributed by atoms with van der Waals surface area (Å²) < 4.78 is 31.4. The molecule has 0 aliphatic carbocycles. The third-order valence-corrected chi connectivity index (χ3v) is 5.78. The number of carbonyl (C=O) groups is 2. The highest BCUT2D eigenvalue weighted by molar-refractivity contribution is 7.89. The lowest BCUT2D eigenvalue weighted by molar-refractivity contribution is -0.151. The Morgan fingerprint density at radius 1 is 1.38 bits per heavy atom. The van der Waals surface area contributed by atoms with Crippen molar-refractivity contribution in [3.05, 3.63) is 42.5 Å². The van der Waals surface area contributed by atoms with E-state index in [1.54, 1.807) is 0 Å². The monoisotopic (exact) mass is 382 g/mol. The van der Waals surface area contributed by atoms with Crippen LogP contribution >= 0.6 is 0 Å². The Kier molecular flexibility index (Phi) is 6.17. The van der Waals surface area contributed by atoms with Crippen molar-refractivity contribution in [1.29, 1.82) is 0 Å². The SMILES string of the molecule is C=CCNS(=O)(=O)c1ccc(C(=O)N2CCC(COC)(C(=O)O)C2)cc1. The van der Waals surface area contributed by atoms with Crippen LogP contribution in [0.5, 0.6) is 0 Å². The number of benzene rings is 1. The van der Waals surface area contributed by atoms with Crippen molar-refractivity contribution in [1.82, 2.24) is 9.62 Å². The molecule has 0 radical (unpaired) electrons. The van der Waals surface area contributed by atoms with Crippen molar-refractivity contribution >= 4 is 21.9 Å². The van der Waals surface area contributed by atoms with Crippen molar-refractivity contribution in [3.63, 3.8) is 0 Å². The van der Waals surface area contributed by atoms with E-state index < -0.39 is 21.4 Å². The van der Waals surface area contributed by atoms with Gasteiger partial charge in [0.05, 0.1) is 11.5 Å². The van der Waals surface area contributed by atoms with Gasteiger partial charge in [-0.3, -0.25) is 9.59 Å². The normalized spacial score (nSPS) is 20.1. The molecule has 2 N–H and O–H groups in total. The summed E-state index contributed by atoms with van der Waals surface area (Å²) in [6.45, 7) is 3.93. The summed E-state index contributed by atoms with van der Waals surface area (Å²) in [6.07, 6.45) is 1.73. The van der Waals surface area contributed by atoms with Gasteiger partial charge in [-0.2, -0.15) is 0 Å². The Bertz CT molecular complexity index is 790. The number of carboxylic acids is 1. The zero-order valence-electron chi connectivity index (χ0n) is 14.5. The Morgan fingerprint density at radius 2 is 2.04 bits per heavy atom. The Labute approximate surface area is 152 Å². The average Bonchev–Trinajstić information content (AvgIpc) is 3.05. The number of hydrogen-bond acceptors (Lipinski definition) is 5. The van der Waals surface area contributed by atoms with E-state index in [1.165, 1.54) is 42.4 Å². The molecule has 1 aromatic rings. The number of sulfonamides is 1. The molecule has 1 fully saturated rings. The van der Waals surface area contributed by atoms with Gasteiger partial charge >= 0.3 is 5.97 Å². The number of ether oxygens (including phenoxy) is 1. The maximum atomic E-state index is 12.6.